The van der Waals surface area contributed by atoms with Crippen LogP contribution in [0, 0.1) is 29.6 Å². The molecule has 1 nitrogen and oxygen atoms in total. The predicted octanol–water partition coefficient (Wildman–Crippen LogP) is 6.73. The maximum atomic E-state index is 12.2. The highest BCUT2D eigenvalue weighted by Gasteiger charge is 2.23. The van der Waals surface area contributed by atoms with Crippen molar-refractivity contribution >= 4 is 0 Å². The van der Waals surface area contributed by atoms with Crippen molar-refractivity contribution in [3.05, 3.63) is 12.2 Å². The minimum Gasteiger partial charge on any atom is -0.320 e. The Labute approximate surface area is 152 Å². The zero-order chi connectivity index (χ0) is 17.9. The SMILES string of the molecule is CCCCCC1CCC(/C=C/C#CC2CCC(OC(F)F)CC2)CC1. The first-order chi connectivity index (χ1) is 12.2. The summed E-state index contributed by atoms with van der Waals surface area (Å²) >= 11 is 0. The van der Waals surface area contributed by atoms with Crippen molar-refractivity contribution in [2.75, 3.05) is 0 Å². The van der Waals surface area contributed by atoms with Gasteiger partial charge in [-0.1, -0.05) is 50.5 Å². The van der Waals surface area contributed by atoms with E-state index in [9.17, 15) is 8.78 Å². The predicted molar refractivity (Wildman–Crippen MR) is 99.3 cm³/mol. The Bertz CT molecular complexity index is 433. The molecule has 0 aromatic carbocycles. The van der Waals surface area contributed by atoms with Gasteiger partial charge in [0.15, 0.2) is 0 Å². The van der Waals surface area contributed by atoms with E-state index in [0.29, 0.717) is 24.7 Å². The number of allylic oxidation sites excluding steroid dienone is 2. The van der Waals surface area contributed by atoms with Crippen molar-refractivity contribution in [2.24, 2.45) is 17.8 Å². The first-order valence-electron chi connectivity index (χ1n) is 10.3. The van der Waals surface area contributed by atoms with Gasteiger partial charge in [0.05, 0.1) is 6.10 Å². The fourth-order valence-electron chi connectivity index (χ4n) is 4.19. The number of halogens is 2. The Morgan fingerprint density at radius 2 is 1.72 bits per heavy atom. The normalized spacial score (nSPS) is 30.4. The third kappa shape index (κ3) is 8.36. The number of alkyl halides is 2. The molecular weight excluding hydrogens is 318 g/mol. The summed E-state index contributed by atoms with van der Waals surface area (Å²) in [6.45, 7) is -0.372. The number of hydrogen-bond acceptors (Lipinski definition) is 1. The van der Waals surface area contributed by atoms with E-state index in [-0.39, 0.29) is 6.10 Å². The van der Waals surface area contributed by atoms with Gasteiger partial charge in [0, 0.05) is 5.92 Å². The van der Waals surface area contributed by atoms with Crippen molar-refractivity contribution in [1.29, 1.82) is 0 Å². The highest BCUT2D eigenvalue weighted by atomic mass is 19.3. The van der Waals surface area contributed by atoms with Crippen LogP contribution in [0.5, 0.6) is 0 Å². The number of rotatable bonds is 7. The molecule has 2 fully saturated rings. The van der Waals surface area contributed by atoms with E-state index in [1.165, 1.54) is 51.4 Å². The molecule has 0 unspecified atom stereocenters. The minimum absolute atomic E-state index is 0.277. The lowest BCUT2D eigenvalue weighted by Gasteiger charge is -2.26. The molecule has 0 heterocycles. The molecule has 0 N–H and O–H groups in total. The summed E-state index contributed by atoms with van der Waals surface area (Å²) in [4.78, 5) is 0. The van der Waals surface area contributed by atoms with E-state index in [1.54, 1.807) is 0 Å². The highest BCUT2D eigenvalue weighted by Crippen LogP contribution is 2.32. The second-order valence-corrected chi connectivity index (χ2v) is 7.79. The summed E-state index contributed by atoms with van der Waals surface area (Å²) in [7, 11) is 0. The molecule has 0 aromatic heterocycles. The zero-order valence-corrected chi connectivity index (χ0v) is 15.7. The van der Waals surface area contributed by atoms with Gasteiger partial charge in [0.2, 0.25) is 0 Å². The van der Waals surface area contributed by atoms with Gasteiger partial charge < -0.3 is 4.74 Å². The van der Waals surface area contributed by atoms with Gasteiger partial charge in [-0.25, -0.2) is 0 Å². The average Bonchev–Trinajstić information content (AvgIpc) is 2.61. The molecule has 142 valence electrons. The third-order valence-electron chi connectivity index (χ3n) is 5.82. The maximum absolute atomic E-state index is 12.2. The van der Waals surface area contributed by atoms with Crippen LogP contribution in [-0.2, 0) is 4.74 Å². The monoisotopic (exact) mass is 352 g/mol. The van der Waals surface area contributed by atoms with Gasteiger partial charge in [0.1, 0.15) is 0 Å². The van der Waals surface area contributed by atoms with Crippen LogP contribution < -0.4 is 0 Å². The van der Waals surface area contributed by atoms with Crippen LogP contribution in [0.1, 0.15) is 84.0 Å². The zero-order valence-electron chi connectivity index (χ0n) is 15.7. The van der Waals surface area contributed by atoms with E-state index in [0.717, 1.165) is 18.8 Å². The third-order valence-corrected chi connectivity index (χ3v) is 5.82. The van der Waals surface area contributed by atoms with E-state index < -0.39 is 6.61 Å². The molecule has 2 aliphatic carbocycles. The molecule has 2 saturated carbocycles. The van der Waals surface area contributed by atoms with E-state index in [4.69, 9.17) is 0 Å². The van der Waals surface area contributed by atoms with Gasteiger partial charge in [-0.15, -0.1) is 0 Å². The summed E-state index contributed by atoms with van der Waals surface area (Å²) in [5.41, 5.74) is 0. The Morgan fingerprint density at radius 1 is 1.00 bits per heavy atom. The molecule has 0 spiro atoms. The molecule has 0 aliphatic heterocycles. The standard InChI is InChI=1S/C22H34F2O/c1-2-3-4-7-18-10-12-19(13-11-18)8-5-6-9-20-14-16-21(17-15-20)25-22(23)24/h5,8,18-22H,2-4,7,10-17H2,1H3/b8-5+. The molecule has 0 amide bonds. The van der Waals surface area contributed by atoms with Crippen LogP contribution in [0.4, 0.5) is 8.78 Å². The topological polar surface area (TPSA) is 9.23 Å². The Hall–Kier alpha value is -0.880. The van der Waals surface area contributed by atoms with Crippen LogP contribution in [0.25, 0.3) is 0 Å². The molecule has 0 saturated heterocycles. The Morgan fingerprint density at radius 3 is 2.36 bits per heavy atom. The van der Waals surface area contributed by atoms with Crippen LogP contribution >= 0.6 is 0 Å². The molecule has 3 heteroatoms. The van der Waals surface area contributed by atoms with Crippen molar-refractivity contribution in [2.45, 2.75) is 96.7 Å². The molecule has 2 aliphatic rings. The van der Waals surface area contributed by atoms with Crippen LogP contribution in [0.15, 0.2) is 12.2 Å². The second-order valence-electron chi connectivity index (χ2n) is 7.79. The molecular formula is C22H34F2O. The molecule has 25 heavy (non-hydrogen) atoms. The second kappa shape index (κ2) is 11.7. The van der Waals surface area contributed by atoms with Crippen LogP contribution in [0.3, 0.4) is 0 Å². The van der Waals surface area contributed by atoms with Crippen LogP contribution in [-0.4, -0.2) is 12.7 Å². The quantitative estimate of drug-likeness (QED) is 0.364. The molecule has 0 radical (unpaired) electrons. The smallest absolute Gasteiger partial charge is 0.320 e. The van der Waals surface area contributed by atoms with Gasteiger partial charge in [-0.05, 0) is 69.3 Å². The first-order valence-corrected chi connectivity index (χ1v) is 10.3. The summed E-state index contributed by atoms with van der Waals surface area (Å²) in [5.74, 6) is 8.49. The van der Waals surface area contributed by atoms with E-state index in [2.05, 4.69) is 29.6 Å². The van der Waals surface area contributed by atoms with Gasteiger partial charge in [-0.2, -0.15) is 8.78 Å². The van der Waals surface area contributed by atoms with Gasteiger partial charge in [-0.3, -0.25) is 0 Å². The first kappa shape index (κ1) is 20.4. The van der Waals surface area contributed by atoms with E-state index in [1.807, 2.05) is 6.08 Å². The van der Waals surface area contributed by atoms with Crippen molar-refractivity contribution in [1.82, 2.24) is 0 Å². The largest absolute Gasteiger partial charge is 0.345 e. The molecule has 0 bridgehead atoms. The van der Waals surface area contributed by atoms with Gasteiger partial charge >= 0.3 is 6.61 Å². The van der Waals surface area contributed by atoms with Crippen molar-refractivity contribution in [3.8, 4) is 11.8 Å². The van der Waals surface area contributed by atoms with E-state index >= 15 is 0 Å². The minimum atomic E-state index is -2.64. The summed E-state index contributed by atoms with van der Waals surface area (Å²) in [5, 5.41) is 0. The number of ether oxygens (including phenoxy) is 1. The maximum Gasteiger partial charge on any atom is 0.345 e. The van der Waals surface area contributed by atoms with Crippen LogP contribution in [0.2, 0.25) is 0 Å². The molecule has 0 atom stereocenters. The lowest BCUT2D eigenvalue weighted by atomic mass is 9.79. The van der Waals surface area contributed by atoms with Crippen molar-refractivity contribution in [3.63, 3.8) is 0 Å². The van der Waals surface area contributed by atoms with Crippen molar-refractivity contribution < 1.29 is 13.5 Å². The summed E-state index contributed by atoms with van der Waals surface area (Å²) in [6.07, 6.45) is 18.1. The fraction of sp³-hybridized carbons (Fsp3) is 0.818. The molecule has 0 aromatic rings. The summed E-state index contributed by atoms with van der Waals surface area (Å²) < 4.78 is 29.0. The molecule has 2 rings (SSSR count). The lowest BCUT2D eigenvalue weighted by Crippen LogP contribution is -2.23. The number of unbranched alkanes of at least 4 members (excludes halogenated alkanes) is 2. The van der Waals surface area contributed by atoms with Gasteiger partial charge in [0.25, 0.3) is 0 Å². The summed E-state index contributed by atoms with van der Waals surface area (Å²) in [6, 6.07) is 0. The highest BCUT2D eigenvalue weighted by molar-refractivity contribution is 5.18. The fourth-order valence-corrected chi connectivity index (χ4v) is 4.19. The number of hydrogen-bond donors (Lipinski definition) is 0. The average molecular weight is 353 g/mol. The lowest BCUT2D eigenvalue weighted by molar-refractivity contribution is -0.170. The Balaban J connectivity index is 1.60. The Kier molecular flexibility index (Phi) is 9.55.